The smallest absolute Gasteiger partial charge is 0.227 e. The molecule has 2 amide bonds. The van der Waals surface area contributed by atoms with Crippen molar-refractivity contribution in [3.8, 4) is 0 Å². The fraction of sp³-hybridized carbons (Fsp3) is 0.353. The molecule has 1 aliphatic heterocycles. The zero-order valence-corrected chi connectivity index (χ0v) is 13.5. The molecule has 25 heavy (non-hydrogen) atoms. The number of hydrogen-bond donors (Lipinski definition) is 1. The minimum Gasteiger partial charge on any atom is -0.356 e. The van der Waals surface area contributed by atoms with E-state index in [4.69, 9.17) is 0 Å². The summed E-state index contributed by atoms with van der Waals surface area (Å²) in [6.45, 7) is 1.24. The Bertz CT molecular complexity index is 764. The summed E-state index contributed by atoms with van der Waals surface area (Å²) in [5, 5.41) is 6.86. The van der Waals surface area contributed by atoms with Crippen LogP contribution in [0.2, 0.25) is 0 Å². The first kappa shape index (κ1) is 17.1. The number of nitrogens with zero attached hydrogens (tertiary/aromatic N) is 3. The van der Waals surface area contributed by atoms with Crippen LogP contribution in [0.15, 0.2) is 36.7 Å². The van der Waals surface area contributed by atoms with Gasteiger partial charge in [-0.05, 0) is 24.6 Å². The molecule has 3 rings (SSSR count). The molecular weight excluding hydrogens is 330 g/mol. The molecule has 0 spiro atoms. The zero-order valence-electron chi connectivity index (χ0n) is 13.5. The summed E-state index contributed by atoms with van der Waals surface area (Å²) < 4.78 is 28.6. The SMILES string of the molecule is O=C(NCCCn1cccn1)C1CC(=O)N(c2ccc(F)cc2F)C1. The minimum absolute atomic E-state index is 0.000354. The normalized spacial score (nSPS) is 17.1. The van der Waals surface area contributed by atoms with Gasteiger partial charge in [-0.1, -0.05) is 0 Å². The highest BCUT2D eigenvalue weighted by molar-refractivity contribution is 6.00. The lowest BCUT2D eigenvalue weighted by atomic mass is 10.1. The Morgan fingerprint density at radius 2 is 2.20 bits per heavy atom. The quantitative estimate of drug-likeness (QED) is 0.809. The van der Waals surface area contributed by atoms with Crippen molar-refractivity contribution in [2.75, 3.05) is 18.0 Å². The lowest BCUT2D eigenvalue weighted by Crippen LogP contribution is -2.34. The molecule has 1 N–H and O–H groups in total. The van der Waals surface area contributed by atoms with E-state index in [1.54, 1.807) is 10.9 Å². The Balaban J connectivity index is 1.52. The molecule has 1 aromatic heterocycles. The molecule has 1 unspecified atom stereocenters. The molecule has 0 aliphatic carbocycles. The van der Waals surface area contributed by atoms with Crippen molar-refractivity contribution in [2.24, 2.45) is 5.92 Å². The highest BCUT2D eigenvalue weighted by atomic mass is 19.1. The van der Waals surface area contributed by atoms with Gasteiger partial charge < -0.3 is 10.2 Å². The third-order valence-corrected chi connectivity index (χ3v) is 4.12. The van der Waals surface area contributed by atoms with E-state index in [1.165, 1.54) is 11.0 Å². The van der Waals surface area contributed by atoms with Crippen LogP contribution in [0.5, 0.6) is 0 Å². The maximum Gasteiger partial charge on any atom is 0.227 e. The van der Waals surface area contributed by atoms with Gasteiger partial charge in [0.2, 0.25) is 11.8 Å². The van der Waals surface area contributed by atoms with Crippen molar-refractivity contribution < 1.29 is 18.4 Å². The molecule has 1 atom stereocenters. The Labute approximate surface area is 143 Å². The van der Waals surface area contributed by atoms with Crippen LogP contribution < -0.4 is 10.2 Å². The summed E-state index contributed by atoms with van der Waals surface area (Å²) in [4.78, 5) is 25.5. The highest BCUT2D eigenvalue weighted by Gasteiger charge is 2.36. The first-order chi connectivity index (χ1) is 12.0. The zero-order chi connectivity index (χ0) is 17.8. The molecule has 6 nitrogen and oxygen atoms in total. The van der Waals surface area contributed by atoms with E-state index in [-0.39, 0.29) is 30.5 Å². The molecular formula is C17H18F2N4O2. The first-order valence-corrected chi connectivity index (χ1v) is 8.05. The van der Waals surface area contributed by atoms with Crippen molar-refractivity contribution in [3.05, 3.63) is 48.3 Å². The number of carbonyl (C=O) groups excluding carboxylic acids is 2. The average Bonchev–Trinajstić information content (AvgIpc) is 3.21. The predicted octanol–water partition coefficient (Wildman–Crippen LogP) is 1.72. The van der Waals surface area contributed by atoms with Crippen LogP contribution >= 0.6 is 0 Å². The van der Waals surface area contributed by atoms with Gasteiger partial charge in [-0.25, -0.2) is 8.78 Å². The second-order valence-corrected chi connectivity index (χ2v) is 5.91. The van der Waals surface area contributed by atoms with Crippen LogP contribution in [-0.2, 0) is 16.1 Å². The fourth-order valence-corrected chi connectivity index (χ4v) is 2.85. The topological polar surface area (TPSA) is 67.2 Å². The monoisotopic (exact) mass is 348 g/mol. The van der Waals surface area contributed by atoms with Gasteiger partial charge >= 0.3 is 0 Å². The molecule has 1 aliphatic rings. The largest absolute Gasteiger partial charge is 0.356 e. The summed E-state index contributed by atoms with van der Waals surface area (Å²) in [5.41, 5.74) is 0.000354. The lowest BCUT2D eigenvalue weighted by molar-refractivity contribution is -0.126. The van der Waals surface area contributed by atoms with E-state index in [2.05, 4.69) is 10.4 Å². The number of nitrogens with one attached hydrogen (secondary N) is 1. The number of carbonyl (C=O) groups is 2. The molecule has 1 fully saturated rings. The summed E-state index contributed by atoms with van der Waals surface area (Å²) >= 11 is 0. The molecule has 1 aromatic carbocycles. The molecule has 8 heteroatoms. The number of hydrogen-bond acceptors (Lipinski definition) is 3. The standard InChI is InChI=1S/C17H18F2N4O2/c18-13-3-4-15(14(19)10-13)23-11-12(9-16(23)24)17(25)20-5-1-7-22-8-2-6-21-22/h2-4,6,8,10,12H,1,5,7,9,11H2,(H,20,25). The molecule has 2 aromatic rings. The van der Waals surface area contributed by atoms with E-state index in [0.29, 0.717) is 19.5 Å². The number of rotatable bonds is 6. The van der Waals surface area contributed by atoms with Crippen LogP contribution in [0.4, 0.5) is 14.5 Å². The number of amides is 2. The van der Waals surface area contributed by atoms with Gasteiger partial charge in [0.15, 0.2) is 0 Å². The maximum absolute atomic E-state index is 13.8. The van der Waals surface area contributed by atoms with Crippen LogP contribution in [0, 0.1) is 17.6 Å². The predicted molar refractivity (Wildman–Crippen MR) is 86.7 cm³/mol. The molecule has 2 heterocycles. The molecule has 0 saturated carbocycles. The van der Waals surface area contributed by atoms with E-state index in [9.17, 15) is 18.4 Å². The van der Waals surface area contributed by atoms with E-state index < -0.39 is 17.6 Å². The number of aryl methyl sites for hydroxylation is 1. The van der Waals surface area contributed by atoms with Gasteiger partial charge in [0.1, 0.15) is 11.6 Å². The third-order valence-electron chi connectivity index (χ3n) is 4.12. The first-order valence-electron chi connectivity index (χ1n) is 8.05. The van der Waals surface area contributed by atoms with Gasteiger partial charge in [-0.2, -0.15) is 5.10 Å². The lowest BCUT2D eigenvalue weighted by Gasteiger charge is -2.17. The van der Waals surface area contributed by atoms with Crippen LogP contribution in [0.25, 0.3) is 0 Å². The van der Waals surface area contributed by atoms with Crippen molar-refractivity contribution in [3.63, 3.8) is 0 Å². The number of aromatic nitrogens is 2. The average molecular weight is 348 g/mol. The second kappa shape index (κ2) is 7.42. The van der Waals surface area contributed by atoms with Crippen LogP contribution in [0.3, 0.4) is 0 Å². The summed E-state index contributed by atoms with van der Waals surface area (Å²) in [7, 11) is 0. The Kier molecular flexibility index (Phi) is 5.06. The summed E-state index contributed by atoms with van der Waals surface area (Å²) in [6, 6.07) is 4.86. The van der Waals surface area contributed by atoms with Gasteiger partial charge in [-0.15, -0.1) is 0 Å². The minimum atomic E-state index is -0.811. The summed E-state index contributed by atoms with van der Waals surface area (Å²) in [5.74, 6) is -2.64. The summed E-state index contributed by atoms with van der Waals surface area (Å²) in [6.07, 6.45) is 4.25. The third kappa shape index (κ3) is 4.01. The van der Waals surface area contributed by atoms with Gasteiger partial charge in [0.05, 0.1) is 11.6 Å². The van der Waals surface area contributed by atoms with Crippen molar-refractivity contribution in [1.29, 1.82) is 0 Å². The van der Waals surface area contributed by atoms with Crippen molar-refractivity contribution >= 4 is 17.5 Å². The van der Waals surface area contributed by atoms with E-state index in [1.807, 2.05) is 12.3 Å². The van der Waals surface area contributed by atoms with Crippen LogP contribution in [0.1, 0.15) is 12.8 Å². The second-order valence-electron chi connectivity index (χ2n) is 5.91. The Morgan fingerprint density at radius 3 is 2.92 bits per heavy atom. The van der Waals surface area contributed by atoms with Gasteiger partial charge in [0.25, 0.3) is 0 Å². The number of anilines is 1. The highest BCUT2D eigenvalue weighted by Crippen LogP contribution is 2.27. The Morgan fingerprint density at radius 1 is 1.36 bits per heavy atom. The van der Waals surface area contributed by atoms with Crippen molar-refractivity contribution in [1.82, 2.24) is 15.1 Å². The van der Waals surface area contributed by atoms with Crippen molar-refractivity contribution in [2.45, 2.75) is 19.4 Å². The number of halogens is 2. The fourth-order valence-electron chi connectivity index (χ4n) is 2.85. The molecule has 132 valence electrons. The van der Waals surface area contributed by atoms with Crippen LogP contribution in [-0.4, -0.2) is 34.7 Å². The molecule has 1 saturated heterocycles. The maximum atomic E-state index is 13.8. The van der Waals surface area contributed by atoms with Gasteiger partial charge in [-0.3, -0.25) is 14.3 Å². The van der Waals surface area contributed by atoms with E-state index >= 15 is 0 Å². The number of benzene rings is 1. The molecule has 0 bridgehead atoms. The molecule has 0 radical (unpaired) electrons. The van der Waals surface area contributed by atoms with Gasteiger partial charge in [0, 0.05) is 44.5 Å². The van der Waals surface area contributed by atoms with E-state index in [0.717, 1.165) is 12.1 Å². The Hall–Kier alpha value is -2.77.